The molecule has 1 amide bonds. The van der Waals surface area contributed by atoms with Gasteiger partial charge in [0.2, 0.25) is 0 Å². The maximum atomic E-state index is 12.8. The van der Waals surface area contributed by atoms with Gasteiger partial charge in [-0.3, -0.25) is 9.59 Å². The van der Waals surface area contributed by atoms with Gasteiger partial charge in [0.15, 0.2) is 0 Å². The summed E-state index contributed by atoms with van der Waals surface area (Å²) in [7, 11) is 3.94. The molecule has 0 bridgehead atoms. The molecule has 5 nitrogen and oxygen atoms in total. The summed E-state index contributed by atoms with van der Waals surface area (Å²) in [6, 6.07) is 17.7. The predicted molar refractivity (Wildman–Crippen MR) is 105 cm³/mol. The summed E-state index contributed by atoms with van der Waals surface area (Å²) in [5.41, 5.74) is 1.51. The topological polar surface area (TPSA) is 60.9 Å². The number of likely N-dealkylation sites (tertiary alicyclic amines) is 1. The summed E-state index contributed by atoms with van der Waals surface area (Å²) < 4.78 is 0. The first-order chi connectivity index (χ1) is 13.0. The Labute approximate surface area is 159 Å². The fourth-order valence-electron chi connectivity index (χ4n) is 3.40. The largest absolute Gasteiger partial charge is 0.507 e. The number of rotatable bonds is 6. The number of nitrogens with zero attached hydrogens (tertiary/aromatic N) is 2. The summed E-state index contributed by atoms with van der Waals surface area (Å²) in [6.07, 6.45) is 0.745. The number of hydrogen-bond donors (Lipinski definition) is 1. The molecule has 1 fully saturated rings. The molecule has 0 aromatic heterocycles. The highest BCUT2D eigenvalue weighted by Gasteiger charge is 2.45. The van der Waals surface area contributed by atoms with Gasteiger partial charge in [-0.15, -0.1) is 0 Å². The monoisotopic (exact) mass is 364 g/mol. The van der Waals surface area contributed by atoms with E-state index in [0.29, 0.717) is 12.1 Å². The minimum Gasteiger partial charge on any atom is -0.507 e. The third-order valence-corrected chi connectivity index (χ3v) is 4.71. The first-order valence-electron chi connectivity index (χ1n) is 9.04. The molecule has 5 heteroatoms. The van der Waals surface area contributed by atoms with E-state index in [4.69, 9.17) is 0 Å². The maximum absolute atomic E-state index is 12.8. The molecule has 27 heavy (non-hydrogen) atoms. The Morgan fingerprint density at radius 3 is 2.19 bits per heavy atom. The van der Waals surface area contributed by atoms with E-state index in [9.17, 15) is 14.7 Å². The zero-order valence-electron chi connectivity index (χ0n) is 15.6. The molecule has 1 saturated heterocycles. The number of aliphatic hydroxyl groups is 1. The van der Waals surface area contributed by atoms with Crippen molar-refractivity contribution in [3.63, 3.8) is 0 Å². The molecule has 1 aliphatic heterocycles. The van der Waals surface area contributed by atoms with Crippen LogP contribution in [0.3, 0.4) is 0 Å². The number of amides is 1. The Morgan fingerprint density at radius 1 is 1.00 bits per heavy atom. The highest BCUT2D eigenvalue weighted by molar-refractivity contribution is 6.46. The average molecular weight is 364 g/mol. The van der Waals surface area contributed by atoms with E-state index in [2.05, 4.69) is 0 Å². The Bertz CT molecular complexity index is 844. The molecule has 0 unspecified atom stereocenters. The number of Topliss-reactive ketones (excluding diaryl/α,β-unsaturated/α-hetero) is 1. The van der Waals surface area contributed by atoms with Crippen LogP contribution in [0.25, 0.3) is 5.76 Å². The van der Waals surface area contributed by atoms with E-state index >= 15 is 0 Å². The van der Waals surface area contributed by atoms with Crippen LogP contribution in [0.1, 0.15) is 23.6 Å². The molecule has 0 spiro atoms. The fraction of sp³-hybridized carbons (Fsp3) is 0.273. The van der Waals surface area contributed by atoms with Crippen molar-refractivity contribution in [2.45, 2.75) is 12.5 Å². The lowest BCUT2D eigenvalue weighted by molar-refractivity contribution is -0.139. The summed E-state index contributed by atoms with van der Waals surface area (Å²) in [4.78, 5) is 29.1. The fourth-order valence-corrected chi connectivity index (χ4v) is 3.40. The van der Waals surface area contributed by atoms with Gasteiger partial charge in [0, 0.05) is 12.1 Å². The second-order valence-electron chi connectivity index (χ2n) is 6.93. The molecular weight excluding hydrogens is 340 g/mol. The molecular formula is C22H24N2O3. The van der Waals surface area contributed by atoms with Gasteiger partial charge < -0.3 is 14.9 Å². The van der Waals surface area contributed by atoms with Crippen LogP contribution in [0, 0.1) is 0 Å². The minimum absolute atomic E-state index is 0.127. The highest BCUT2D eigenvalue weighted by atomic mass is 16.3. The van der Waals surface area contributed by atoms with Crippen molar-refractivity contribution >= 4 is 17.4 Å². The lowest BCUT2D eigenvalue weighted by Crippen LogP contribution is -2.32. The van der Waals surface area contributed by atoms with Gasteiger partial charge in [-0.05, 0) is 32.6 Å². The maximum Gasteiger partial charge on any atom is 0.295 e. The SMILES string of the molecule is CN(C)CCCN1C(=O)C(=O)/C(=C(/O)c2ccccc2)[C@@H]1c1ccccc1. The zero-order chi connectivity index (χ0) is 19.4. The van der Waals surface area contributed by atoms with Crippen LogP contribution in [0.4, 0.5) is 0 Å². The molecule has 3 rings (SSSR count). The van der Waals surface area contributed by atoms with Crippen molar-refractivity contribution in [3.05, 3.63) is 77.4 Å². The molecule has 2 aromatic rings. The van der Waals surface area contributed by atoms with E-state index in [1.165, 1.54) is 0 Å². The third kappa shape index (κ3) is 3.93. The van der Waals surface area contributed by atoms with E-state index in [0.717, 1.165) is 18.5 Å². The van der Waals surface area contributed by atoms with Crippen LogP contribution in [-0.2, 0) is 9.59 Å². The highest BCUT2D eigenvalue weighted by Crippen LogP contribution is 2.39. The quantitative estimate of drug-likeness (QED) is 0.486. The lowest BCUT2D eigenvalue weighted by atomic mass is 9.95. The summed E-state index contributed by atoms with van der Waals surface area (Å²) >= 11 is 0. The van der Waals surface area contributed by atoms with Crippen molar-refractivity contribution in [2.24, 2.45) is 0 Å². The Kier molecular flexibility index (Phi) is 5.72. The molecule has 1 aliphatic rings. The molecule has 0 saturated carbocycles. The van der Waals surface area contributed by atoms with Gasteiger partial charge in [0.05, 0.1) is 11.6 Å². The number of benzene rings is 2. The van der Waals surface area contributed by atoms with E-state index in [1.807, 2.05) is 55.4 Å². The van der Waals surface area contributed by atoms with Crippen LogP contribution in [0.5, 0.6) is 0 Å². The second kappa shape index (κ2) is 8.18. The Hall–Kier alpha value is -2.92. The summed E-state index contributed by atoms with van der Waals surface area (Å²) in [5.74, 6) is -1.31. The number of hydrogen-bond acceptors (Lipinski definition) is 4. The average Bonchev–Trinajstić information content (AvgIpc) is 2.93. The van der Waals surface area contributed by atoms with Gasteiger partial charge in [0.1, 0.15) is 5.76 Å². The van der Waals surface area contributed by atoms with Crippen molar-refractivity contribution in [2.75, 3.05) is 27.2 Å². The normalized spacial score (nSPS) is 19.1. The van der Waals surface area contributed by atoms with Gasteiger partial charge in [-0.1, -0.05) is 60.7 Å². The Morgan fingerprint density at radius 2 is 1.59 bits per heavy atom. The second-order valence-corrected chi connectivity index (χ2v) is 6.93. The molecule has 1 N–H and O–H groups in total. The minimum atomic E-state index is -0.630. The van der Waals surface area contributed by atoms with E-state index in [-0.39, 0.29) is 11.3 Å². The van der Waals surface area contributed by atoms with E-state index in [1.54, 1.807) is 29.2 Å². The molecule has 0 radical (unpaired) electrons. The first kappa shape index (κ1) is 18.9. The van der Waals surface area contributed by atoms with Gasteiger partial charge >= 0.3 is 0 Å². The number of carbonyl (C=O) groups is 2. The van der Waals surface area contributed by atoms with Crippen LogP contribution in [0.2, 0.25) is 0 Å². The molecule has 0 aliphatic carbocycles. The standard InChI is InChI=1S/C22H24N2O3/c1-23(2)14-9-15-24-19(16-10-5-3-6-11-16)18(21(26)22(24)27)20(25)17-12-7-4-8-13-17/h3-8,10-13,19,25H,9,14-15H2,1-2H3/b20-18+/t19-/m0/s1. The number of aliphatic hydroxyl groups excluding tert-OH is 1. The molecule has 1 heterocycles. The summed E-state index contributed by atoms with van der Waals surface area (Å²) in [6.45, 7) is 1.26. The molecule has 1 atom stereocenters. The van der Waals surface area contributed by atoms with E-state index < -0.39 is 17.7 Å². The van der Waals surface area contributed by atoms with Crippen molar-refractivity contribution in [3.8, 4) is 0 Å². The van der Waals surface area contributed by atoms with Crippen LogP contribution >= 0.6 is 0 Å². The lowest BCUT2D eigenvalue weighted by Gasteiger charge is -2.26. The summed E-state index contributed by atoms with van der Waals surface area (Å²) in [5, 5.41) is 10.8. The Balaban J connectivity index is 2.05. The van der Waals surface area contributed by atoms with Crippen molar-refractivity contribution in [1.82, 2.24) is 9.80 Å². The van der Waals surface area contributed by atoms with Crippen LogP contribution in [0.15, 0.2) is 66.2 Å². The zero-order valence-corrected chi connectivity index (χ0v) is 15.6. The van der Waals surface area contributed by atoms with Crippen molar-refractivity contribution in [1.29, 1.82) is 0 Å². The van der Waals surface area contributed by atoms with Crippen LogP contribution < -0.4 is 0 Å². The number of ketones is 1. The van der Waals surface area contributed by atoms with Crippen LogP contribution in [-0.4, -0.2) is 53.8 Å². The van der Waals surface area contributed by atoms with Gasteiger partial charge in [-0.2, -0.15) is 0 Å². The third-order valence-electron chi connectivity index (χ3n) is 4.71. The van der Waals surface area contributed by atoms with Crippen molar-refractivity contribution < 1.29 is 14.7 Å². The van der Waals surface area contributed by atoms with Gasteiger partial charge in [0.25, 0.3) is 11.7 Å². The molecule has 140 valence electrons. The smallest absolute Gasteiger partial charge is 0.295 e. The molecule has 2 aromatic carbocycles. The first-order valence-corrected chi connectivity index (χ1v) is 9.04. The number of carbonyl (C=O) groups excluding carboxylic acids is 2. The van der Waals surface area contributed by atoms with Gasteiger partial charge in [-0.25, -0.2) is 0 Å². The predicted octanol–water partition coefficient (Wildman–Crippen LogP) is 3.06.